The lowest BCUT2D eigenvalue weighted by Crippen LogP contribution is -2.23. The highest BCUT2D eigenvalue weighted by Crippen LogP contribution is 2.27. The number of nitrogens with one attached hydrogen (secondary N) is 1. The lowest BCUT2D eigenvalue weighted by atomic mass is 10.2. The SMILES string of the molecule is O=C(COC1CCCC1)Nc1cc(F)ccc1OCC1CCCO1. The van der Waals surface area contributed by atoms with Crippen LogP contribution >= 0.6 is 0 Å². The van der Waals surface area contributed by atoms with E-state index in [9.17, 15) is 9.18 Å². The van der Waals surface area contributed by atoms with E-state index in [1.54, 1.807) is 0 Å². The van der Waals surface area contributed by atoms with Gasteiger partial charge in [-0.1, -0.05) is 12.8 Å². The van der Waals surface area contributed by atoms with Gasteiger partial charge in [-0.3, -0.25) is 4.79 Å². The summed E-state index contributed by atoms with van der Waals surface area (Å²) in [4.78, 5) is 12.1. The summed E-state index contributed by atoms with van der Waals surface area (Å²) in [6.07, 6.45) is 6.51. The average molecular weight is 337 g/mol. The van der Waals surface area contributed by atoms with Crippen LogP contribution in [0.25, 0.3) is 0 Å². The van der Waals surface area contributed by atoms with Crippen LogP contribution in [0.1, 0.15) is 38.5 Å². The molecule has 0 spiro atoms. The Kier molecular flexibility index (Phi) is 6.04. The molecule has 0 radical (unpaired) electrons. The Morgan fingerprint density at radius 1 is 1.25 bits per heavy atom. The Morgan fingerprint density at radius 2 is 2.08 bits per heavy atom. The molecule has 1 heterocycles. The van der Waals surface area contributed by atoms with E-state index < -0.39 is 5.82 Å². The van der Waals surface area contributed by atoms with E-state index in [2.05, 4.69) is 5.32 Å². The van der Waals surface area contributed by atoms with Crippen LogP contribution in [-0.2, 0) is 14.3 Å². The Hall–Kier alpha value is -1.66. The van der Waals surface area contributed by atoms with Crippen molar-refractivity contribution in [3.8, 4) is 5.75 Å². The van der Waals surface area contributed by atoms with E-state index in [1.165, 1.54) is 18.2 Å². The van der Waals surface area contributed by atoms with Crippen LogP contribution in [0.4, 0.5) is 10.1 Å². The van der Waals surface area contributed by atoms with E-state index in [4.69, 9.17) is 14.2 Å². The van der Waals surface area contributed by atoms with Gasteiger partial charge in [0, 0.05) is 12.7 Å². The summed E-state index contributed by atoms with van der Waals surface area (Å²) in [6.45, 7) is 1.12. The highest BCUT2D eigenvalue weighted by Gasteiger charge is 2.19. The van der Waals surface area contributed by atoms with Crippen LogP contribution in [0.15, 0.2) is 18.2 Å². The zero-order valence-electron chi connectivity index (χ0n) is 13.8. The molecule has 5 nitrogen and oxygen atoms in total. The molecule has 3 rings (SSSR count). The van der Waals surface area contributed by atoms with Gasteiger partial charge in [0.1, 0.15) is 24.8 Å². The molecule has 1 N–H and O–H groups in total. The van der Waals surface area contributed by atoms with E-state index in [-0.39, 0.29) is 24.7 Å². The van der Waals surface area contributed by atoms with E-state index in [1.807, 2.05) is 0 Å². The molecule has 1 aromatic carbocycles. The van der Waals surface area contributed by atoms with Crippen LogP contribution in [0.5, 0.6) is 5.75 Å². The first kappa shape index (κ1) is 17.2. The van der Waals surface area contributed by atoms with Crippen molar-refractivity contribution in [1.82, 2.24) is 0 Å². The Bertz CT molecular complexity index is 554. The number of amides is 1. The smallest absolute Gasteiger partial charge is 0.250 e. The number of halogens is 1. The van der Waals surface area contributed by atoms with E-state index >= 15 is 0 Å². The second-order valence-corrected chi connectivity index (χ2v) is 6.35. The predicted molar refractivity (Wildman–Crippen MR) is 87.7 cm³/mol. The van der Waals surface area contributed by atoms with Crippen molar-refractivity contribution in [3.05, 3.63) is 24.0 Å². The van der Waals surface area contributed by atoms with Crippen molar-refractivity contribution in [3.63, 3.8) is 0 Å². The van der Waals surface area contributed by atoms with Crippen LogP contribution in [0, 0.1) is 5.82 Å². The number of ether oxygens (including phenoxy) is 3. The molecule has 24 heavy (non-hydrogen) atoms. The molecule has 132 valence electrons. The lowest BCUT2D eigenvalue weighted by Gasteiger charge is -2.16. The molecular formula is C18H24FNO4. The van der Waals surface area contributed by atoms with Gasteiger partial charge in [-0.15, -0.1) is 0 Å². The van der Waals surface area contributed by atoms with Crippen molar-refractivity contribution >= 4 is 11.6 Å². The molecule has 2 fully saturated rings. The van der Waals surface area contributed by atoms with Gasteiger partial charge in [0.2, 0.25) is 5.91 Å². The summed E-state index contributed by atoms with van der Waals surface area (Å²) < 4.78 is 30.3. The summed E-state index contributed by atoms with van der Waals surface area (Å²) in [7, 11) is 0. The van der Waals surface area contributed by atoms with Crippen LogP contribution in [-0.4, -0.2) is 37.9 Å². The Labute approximate surface area is 141 Å². The van der Waals surface area contributed by atoms with Crippen molar-refractivity contribution in [2.45, 2.75) is 50.7 Å². The molecule has 1 aromatic rings. The molecule has 2 aliphatic rings. The van der Waals surface area contributed by atoms with Gasteiger partial charge in [0.15, 0.2) is 0 Å². The zero-order valence-corrected chi connectivity index (χ0v) is 13.8. The summed E-state index contributed by atoms with van der Waals surface area (Å²) in [5.74, 6) is -0.276. The fraction of sp³-hybridized carbons (Fsp3) is 0.611. The maximum Gasteiger partial charge on any atom is 0.250 e. The minimum absolute atomic E-state index is 0.0215. The maximum absolute atomic E-state index is 13.5. The van der Waals surface area contributed by atoms with E-state index in [0.29, 0.717) is 18.0 Å². The second kappa shape index (κ2) is 8.44. The van der Waals surface area contributed by atoms with Crippen LogP contribution in [0.3, 0.4) is 0 Å². The minimum atomic E-state index is -0.425. The van der Waals surface area contributed by atoms with Crippen molar-refractivity contribution in [2.75, 3.05) is 25.1 Å². The molecule has 1 aliphatic heterocycles. The fourth-order valence-corrected chi connectivity index (χ4v) is 3.12. The molecular weight excluding hydrogens is 313 g/mol. The molecule has 0 bridgehead atoms. The molecule has 1 aliphatic carbocycles. The van der Waals surface area contributed by atoms with Crippen molar-refractivity contribution in [1.29, 1.82) is 0 Å². The molecule has 1 atom stereocenters. The minimum Gasteiger partial charge on any atom is -0.489 e. The summed E-state index contributed by atoms with van der Waals surface area (Å²) in [5, 5.41) is 2.68. The molecule has 0 aromatic heterocycles. The number of carbonyl (C=O) groups is 1. The first-order valence-electron chi connectivity index (χ1n) is 8.66. The average Bonchev–Trinajstić information content (AvgIpc) is 3.26. The molecule has 1 amide bonds. The topological polar surface area (TPSA) is 56.8 Å². The van der Waals surface area contributed by atoms with Gasteiger partial charge in [-0.2, -0.15) is 0 Å². The second-order valence-electron chi connectivity index (χ2n) is 6.35. The van der Waals surface area contributed by atoms with Crippen LogP contribution < -0.4 is 10.1 Å². The van der Waals surface area contributed by atoms with Crippen LogP contribution in [0.2, 0.25) is 0 Å². The number of hydrogen-bond donors (Lipinski definition) is 1. The number of rotatable bonds is 7. The van der Waals surface area contributed by atoms with Gasteiger partial charge in [-0.05, 0) is 37.8 Å². The largest absolute Gasteiger partial charge is 0.489 e. The third kappa shape index (κ3) is 4.92. The quantitative estimate of drug-likeness (QED) is 0.829. The van der Waals surface area contributed by atoms with Crippen molar-refractivity contribution in [2.24, 2.45) is 0 Å². The molecule has 6 heteroatoms. The highest BCUT2D eigenvalue weighted by atomic mass is 19.1. The number of benzene rings is 1. The Balaban J connectivity index is 1.54. The maximum atomic E-state index is 13.5. The van der Waals surface area contributed by atoms with Gasteiger partial charge in [0.05, 0.1) is 17.9 Å². The first-order valence-corrected chi connectivity index (χ1v) is 8.66. The van der Waals surface area contributed by atoms with Gasteiger partial charge >= 0.3 is 0 Å². The molecule has 1 saturated heterocycles. The zero-order chi connectivity index (χ0) is 16.8. The number of anilines is 1. The first-order chi connectivity index (χ1) is 11.7. The molecule has 1 saturated carbocycles. The monoisotopic (exact) mass is 337 g/mol. The normalized spacial score (nSPS) is 21.1. The summed E-state index contributed by atoms with van der Waals surface area (Å²) >= 11 is 0. The fourth-order valence-electron chi connectivity index (χ4n) is 3.12. The molecule has 1 unspecified atom stereocenters. The summed E-state index contributed by atoms with van der Waals surface area (Å²) in [5.41, 5.74) is 0.327. The number of carbonyl (C=O) groups excluding carboxylic acids is 1. The van der Waals surface area contributed by atoms with Gasteiger partial charge in [-0.25, -0.2) is 4.39 Å². The van der Waals surface area contributed by atoms with Gasteiger partial charge in [0.25, 0.3) is 0 Å². The predicted octanol–water partition coefficient (Wildman–Crippen LogP) is 3.28. The van der Waals surface area contributed by atoms with Gasteiger partial charge < -0.3 is 19.5 Å². The lowest BCUT2D eigenvalue weighted by molar-refractivity contribution is -0.122. The summed E-state index contributed by atoms with van der Waals surface area (Å²) in [6, 6.07) is 4.10. The van der Waals surface area contributed by atoms with Crippen molar-refractivity contribution < 1.29 is 23.4 Å². The third-order valence-corrected chi connectivity index (χ3v) is 4.42. The standard InChI is InChI=1S/C18H24FNO4/c19-13-7-8-17(24-11-15-6-3-9-22-15)16(10-13)20-18(21)12-23-14-4-1-2-5-14/h7-8,10,14-15H,1-6,9,11-12H2,(H,20,21). The third-order valence-electron chi connectivity index (χ3n) is 4.42. The Morgan fingerprint density at radius 3 is 2.83 bits per heavy atom. The number of hydrogen-bond acceptors (Lipinski definition) is 4. The van der Waals surface area contributed by atoms with E-state index in [0.717, 1.165) is 45.1 Å². The highest BCUT2D eigenvalue weighted by molar-refractivity contribution is 5.93.